The van der Waals surface area contributed by atoms with E-state index >= 15 is 0 Å². The molecule has 3 fully saturated rings. The number of carbonyl (C=O) groups excluding carboxylic acids is 2. The molecule has 0 bridgehead atoms. The van der Waals surface area contributed by atoms with Gasteiger partial charge in [0.1, 0.15) is 23.4 Å². The van der Waals surface area contributed by atoms with Gasteiger partial charge in [0.15, 0.2) is 7.98 Å². The van der Waals surface area contributed by atoms with Crippen molar-refractivity contribution in [2.24, 2.45) is 5.92 Å². The van der Waals surface area contributed by atoms with Gasteiger partial charge >= 0.3 is 6.09 Å². The summed E-state index contributed by atoms with van der Waals surface area (Å²) in [6, 6.07) is 0. The van der Waals surface area contributed by atoms with E-state index in [0.29, 0.717) is 26.1 Å². The standard InChI is InChI=1S/C25H42BN3O6/c1-17(2)9-10-19-24(3,35-19)22-21(32-4)18(11-12-25(22)16-33-25)34-23(31)28-14-8-6-5-7-13-27-20(30)15-29-26/h9,18-19,21-22,29H,5-8,10-16H2,1-4H3,(H,27,30)(H,28,31)/t18?,19-,21?,22?,24?,25+/m1/s1. The van der Waals surface area contributed by atoms with Gasteiger partial charge in [-0.1, -0.05) is 24.5 Å². The first kappa shape index (κ1) is 28.0. The molecule has 6 atom stereocenters. The van der Waals surface area contributed by atoms with E-state index < -0.39 is 6.09 Å². The highest BCUT2D eigenvalue weighted by molar-refractivity contribution is 6.06. The molecule has 2 amide bonds. The molecule has 1 saturated carbocycles. The van der Waals surface area contributed by atoms with Crippen LogP contribution in [0.15, 0.2) is 11.6 Å². The molecule has 4 unspecified atom stereocenters. The molecular weight excluding hydrogens is 449 g/mol. The molecule has 196 valence electrons. The second-order valence-corrected chi connectivity index (χ2v) is 10.4. The highest BCUT2D eigenvalue weighted by atomic mass is 16.6. The fourth-order valence-electron chi connectivity index (χ4n) is 5.43. The molecule has 0 aromatic heterocycles. The summed E-state index contributed by atoms with van der Waals surface area (Å²) in [6.07, 6.45) is 7.39. The quantitative estimate of drug-likeness (QED) is 0.148. The molecule has 10 heteroatoms. The van der Waals surface area contributed by atoms with Gasteiger partial charge in [-0.05, 0) is 52.9 Å². The summed E-state index contributed by atoms with van der Waals surface area (Å²) in [6.45, 7) is 8.32. The molecule has 2 saturated heterocycles. The summed E-state index contributed by atoms with van der Waals surface area (Å²) in [5.74, 6) is -0.0933. The summed E-state index contributed by atoms with van der Waals surface area (Å²) in [4.78, 5) is 23.8. The molecule has 3 aliphatic rings. The predicted molar refractivity (Wildman–Crippen MR) is 133 cm³/mol. The van der Waals surface area contributed by atoms with Crippen LogP contribution in [0.1, 0.15) is 65.7 Å². The van der Waals surface area contributed by atoms with E-state index in [2.05, 4.69) is 42.7 Å². The Balaban J connectivity index is 1.40. The molecule has 3 N–H and O–H groups in total. The Morgan fingerprint density at radius 2 is 1.83 bits per heavy atom. The molecule has 2 aliphatic heterocycles. The lowest BCUT2D eigenvalue weighted by Gasteiger charge is -2.42. The van der Waals surface area contributed by atoms with Crippen molar-refractivity contribution >= 4 is 20.0 Å². The molecule has 1 spiro atoms. The summed E-state index contributed by atoms with van der Waals surface area (Å²) in [7, 11) is 6.79. The van der Waals surface area contributed by atoms with Crippen molar-refractivity contribution in [1.29, 1.82) is 0 Å². The molecule has 9 nitrogen and oxygen atoms in total. The lowest BCUT2D eigenvalue weighted by Crippen LogP contribution is -2.56. The zero-order valence-corrected chi connectivity index (χ0v) is 21.7. The third-order valence-electron chi connectivity index (χ3n) is 7.45. The van der Waals surface area contributed by atoms with Crippen molar-refractivity contribution < 1.29 is 28.5 Å². The Bertz CT molecular complexity index is 757. The molecule has 1 aliphatic carbocycles. The van der Waals surface area contributed by atoms with Crippen molar-refractivity contribution in [1.82, 2.24) is 15.9 Å². The minimum atomic E-state index is -0.409. The van der Waals surface area contributed by atoms with Crippen LogP contribution in [-0.4, -0.2) is 82.8 Å². The number of hydrogen-bond donors (Lipinski definition) is 3. The average molecular weight is 491 g/mol. The normalized spacial score (nSPS) is 33.1. The van der Waals surface area contributed by atoms with Gasteiger partial charge in [-0.25, -0.2) is 4.79 Å². The second kappa shape index (κ2) is 12.6. The summed E-state index contributed by atoms with van der Waals surface area (Å²) < 4.78 is 23.9. The fraction of sp³-hybridized carbons (Fsp3) is 0.840. The number of alkyl carbamates (subject to hydrolysis) is 1. The van der Waals surface area contributed by atoms with E-state index in [1.54, 1.807) is 7.11 Å². The molecule has 0 aromatic carbocycles. The zero-order chi connectivity index (χ0) is 25.5. The largest absolute Gasteiger partial charge is 0.443 e. The first-order chi connectivity index (χ1) is 16.8. The van der Waals surface area contributed by atoms with Crippen molar-refractivity contribution in [2.75, 3.05) is 33.4 Å². The molecule has 0 aromatic rings. The fourth-order valence-corrected chi connectivity index (χ4v) is 5.43. The van der Waals surface area contributed by atoms with Crippen LogP contribution in [0.2, 0.25) is 0 Å². The SMILES string of the molecule is [B]NCC(=O)NCCCCCCNC(=O)OC1CC[C@]2(CO2)C(C2(C)O[C@@H]2CC=C(C)C)C1OC. The molecular formula is C25H42BN3O6. The number of methoxy groups -OCH3 is 1. The van der Waals surface area contributed by atoms with E-state index in [4.69, 9.17) is 26.9 Å². The van der Waals surface area contributed by atoms with Gasteiger partial charge in [0, 0.05) is 20.2 Å². The number of hydrogen-bond acceptors (Lipinski definition) is 7. The van der Waals surface area contributed by atoms with Crippen molar-refractivity contribution in [2.45, 2.75) is 95.2 Å². The smallest absolute Gasteiger partial charge is 0.407 e. The first-order valence-corrected chi connectivity index (χ1v) is 12.9. The topological polar surface area (TPSA) is 114 Å². The van der Waals surface area contributed by atoms with E-state index in [1.165, 1.54) is 5.57 Å². The molecule has 2 heterocycles. The Morgan fingerprint density at radius 3 is 2.43 bits per heavy atom. The van der Waals surface area contributed by atoms with Crippen LogP contribution in [0.4, 0.5) is 4.79 Å². The maximum atomic E-state index is 12.5. The Labute approximate surface area is 210 Å². The van der Waals surface area contributed by atoms with Crippen LogP contribution in [0.25, 0.3) is 0 Å². The highest BCUT2D eigenvalue weighted by Crippen LogP contribution is 2.59. The first-order valence-electron chi connectivity index (χ1n) is 12.9. The highest BCUT2D eigenvalue weighted by Gasteiger charge is 2.72. The van der Waals surface area contributed by atoms with Crippen LogP contribution in [-0.2, 0) is 23.7 Å². The summed E-state index contributed by atoms with van der Waals surface area (Å²) >= 11 is 0. The number of amides is 2. The number of unbranched alkanes of at least 4 members (excludes halogenated alkanes) is 3. The Kier molecular flexibility index (Phi) is 10.0. The number of epoxide rings is 2. The van der Waals surface area contributed by atoms with Crippen molar-refractivity contribution in [3.05, 3.63) is 11.6 Å². The van der Waals surface area contributed by atoms with E-state index in [9.17, 15) is 9.59 Å². The molecule has 3 rings (SSSR count). The predicted octanol–water partition coefficient (Wildman–Crippen LogP) is 2.14. The van der Waals surface area contributed by atoms with Gasteiger partial charge in [-0.15, -0.1) is 0 Å². The van der Waals surface area contributed by atoms with Gasteiger partial charge < -0.3 is 34.8 Å². The number of carbonyl (C=O) groups is 2. The maximum Gasteiger partial charge on any atom is 0.407 e. The Morgan fingerprint density at radius 1 is 1.14 bits per heavy atom. The van der Waals surface area contributed by atoms with Crippen LogP contribution < -0.4 is 15.9 Å². The van der Waals surface area contributed by atoms with Crippen molar-refractivity contribution in [3.8, 4) is 0 Å². The second-order valence-electron chi connectivity index (χ2n) is 10.4. The minimum Gasteiger partial charge on any atom is -0.443 e. The lowest BCUT2D eigenvalue weighted by molar-refractivity contribution is -0.119. The monoisotopic (exact) mass is 491 g/mol. The van der Waals surface area contributed by atoms with Crippen LogP contribution in [0.3, 0.4) is 0 Å². The van der Waals surface area contributed by atoms with Gasteiger partial charge in [0.05, 0.1) is 25.2 Å². The average Bonchev–Trinajstić information content (AvgIpc) is 3.72. The third kappa shape index (κ3) is 7.44. The van der Waals surface area contributed by atoms with Gasteiger partial charge in [0.25, 0.3) is 0 Å². The van der Waals surface area contributed by atoms with Crippen LogP contribution in [0, 0.1) is 5.92 Å². The van der Waals surface area contributed by atoms with Gasteiger partial charge in [-0.3, -0.25) is 4.79 Å². The van der Waals surface area contributed by atoms with Crippen molar-refractivity contribution in [3.63, 3.8) is 0 Å². The maximum absolute atomic E-state index is 12.5. The molecule has 35 heavy (non-hydrogen) atoms. The Hall–Kier alpha value is -1.62. The zero-order valence-electron chi connectivity index (χ0n) is 21.7. The number of rotatable bonds is 14. The minimum absolute atomic E-state index is 0.0169. The summed E-state index contributed by atoms with van der Waals surface area (Å²) in [5.41, 5.74) is 0.699. The van der Waals surface area contributed by atoms with Gasteiger partial charge in [0.2, 0.25) is 5.91 Å². The van der Waals surface area contributed by atoms with Crippen LogP contribution in [0.5, 0.6) is 0 Å². The van der Waals surface area contributed by atoms with Gasteiger partial charge in [-0.2, -0.15) is 0 Å². The lowest BCUT2D eigenvalue weighted by atomic mass is 9.68. The van der Waals surface area contributed by atoms with E-state index in [-0.39, 0.29) is 47.9 Å². The van der Waals surface area contributed by atoms with Crippen LogP contribution >= 0.6 is 0 Å². The summed E-state index contributed by atoms with van der Waals surface area (Å²) in [5, 5.41) is 7.98. The number of nitrogens with one attached hydrogen (secondary N) is 3. The number of allylic oxidation sites excluding steroid dienone is 1. The van der Waals surface area contributed by atoms with E-state index in [0.717, 1.165) is 38.5 Å². The van der Waals surface area contributed by atoms with E-state index in [1.807, 2.05) is 0 Å². The molecule has 2 radical (unpaired) electrons. The third-order valence-corrected chi connectivity index (χ3v) is 7.45. The number of ether oxygens (including phenoxy) is 4.